The first-order chi connectivity index (χ1) is 8.48. The fourth-order valence-electron chi connectivity index (χ4n) is 2.14. The van der Waals surface area contributed by atoms with E-state index in [-0.39, 0.29) is 12.0 Å². The Hall–Kier alpha value is -1.23. The van der Waals surface area contributed by atoms with Crippen LogP contribution in [-0.4, -0.2) is 24.7 Å². The van der Waals surface area contributed by atoms with Gasteiger partial charge in [-0.15, -0.1) is 0 Å². The molecule has 1 atom stereocenters. The van der Waals surface area contributed by atoms with E-state index >= 15 is 0 Å². The summed E-state index contributed by atoms with van der Waals surface area (Å²) in [6.07, 6.45) is -1.81. The van der Waals surface area contributed by atoms with Gasteiger partial charge < -0.3 is 4.74 Å². The van der Waals surface area contributed by atoms with E-state index in [2.05, 4.69) is 0 Å². The summed E-state index contributed by atoms with van der Waals surface area (Å²) >= 11 is 0. The van der Waals surface area contributed by atoms with Crippen LogP contribution in [0.2, 0.25) is 0 Å². The van der Waals surface area contributed by atoms with Crippen molar-refractivity contribution in [2.75, 3.05) is 13.6 Å². The Morgan fingerprint density at radius 1 is 1.22 bits per heavy atom. The third-order valence-electron chi connectivity index (χ3n) is 3.16. The predicted octanol–water partition coefficient (Wildman–Crippen LogP) is 3.53. The monoisotopic (exact) mass is 259 g/mol. The van der Waals surface area contributed by atoms with Gasteiger partial charge in [0.1, 0.15) is 5.75 Å². The van der Waals surface area contributed by atoms with Crippen molar-refractivity contribution in [1.82, 2.24) is 4.90 Å². The highest BCUT2D eigenvalue weighted by Crippen LogP contribution is 2.36. The van der Waals surface area contributed by atoms with Crippen LogP contribution >= 0.6 is 0 Å². The molecule has 0 aliphatic carbocycles. The first kappa shape index (κ1) is 13.2. The molecule has 1 unspecified atom stereocenters. The molecule has 100 valence electrons. The van der Waals surface area contributed by atoms with Crippen LogP contribution in [0.25, 0.3) is 0 Å². The number of hydrogen-bond donors (Lipinski definition) is 0. The summed E-state index contributed by atoms with van der Waals surface area (Å²) in [5.41, 5.74) is -0.705. The molecule has 1 aliphatic rings. The molecule has 1 aromatic rings. The van der Waals surface area contributed by atoms with E-state index in [9.17, 15) is 13.2 Å². The highest BCUT2D eigenvalue weighted by atomic mass is 19.4. The average molecular weight is 259 g/mol. The number of piperidine rings is 1. The number of rotatable bonds is 2. The van der Waals surface area contributed by atoms with E-state index in [1.807, 2.05) is 11.9 Å². The van der Waals surface area contributed by atoms with Crippen molar-refractivity contribution in [2.45, 2.75) is 31.7 Å². The third-order valence-corrected chi connectivity index (χ3v) is 3.16. The maximum absolute atomic E-state index is 12.8. The van der Waals surface area contributed by atoms with Gasteiger partial charge in [-0.3, -0.25) is 4.90 Å². The predicted molar refractivity (Wildman–Crippen MR) is 62.3 cm³/mol. The number of hydrogen-bond acceptors (Lipinski definition) is 2. The second kappa shape index (κ2) is 5.18. The molecule has 0 N–H and O–H groups in total. The zero-order valence-electron chi connectivity index (χ0n) is 10.2. The van der Waals surface area contributed by atoms with Gasteiger partial charge in [-0.05, 0) is 38.4 Å². The smallest absolute Gasteiger partial charge is 0.419 e. The Labute approximate surface area is 104 Å². The molecule has 18 heavy (non-hydrogen) atoms. The van der Waals surface area contributed by atoms with E-state index < -0.39 is 11.7 Å². The number of halogens is 3. The van der Waals surface area contributed by atoms with Crippen molar-refractivity contribution >= 4 is 0 Å². The first-order valence-electron chi connectivity index (χ1n) is 6.01. The minimum Gasteiger partial charge on any atom is -0.474 e. The standard InChI is InChI=1S/C13H16F3NO/c1-17-9-5-4-8-12(17)18-11-7-3-2-6-10(11)13(14,15)16/h2-3,6-7,12H,4-5,8-9H2,1H3. The molecule has 2 nitrogen and oxygen atoms in total. The second-order valence-electron chi connectivity index (χ2n) is 4.54. The van der Waals surface area contributed by atoms with Crippen molar-refractivity contribution in [3.05, 3.63) is 29.8 Å². The largest absolute Gasteiger partial charge is 0.474 e. The highest BCUT2D eigenvalue weighted by molar-refractivity contribution is 5.35. The molecule has 0 bridgehead atoms. The van der Waals surface area contributed by atoms with Crippen molar-refractivity contribution in [2.24, 2.45) is 0 Å². The minimum atomic E-state index is -4.37. The van der Waals surface area contributed by atoms with Gasteiger partial charge in [0.15, 0.2) is 6.23 Å². The molecule has 0 aromatic heterocycles. The second-order valence-corrected chi connectivity index (χ2v) is 4.54. The van der Waals surface area contributed by atoms with Crippen molar-refractivity contribution in [3.63, 3.8) is 0 Å². The maximum atomic E-state index is 12.8. The summed E-state index contributed by atoms with van der Waals surface area (Å²) in [5.74, 6) is -0.0799. The summed E-state index contributed by atoms with van der Waals surface area (Å²) in [7, 11) is 1.88. The Bertz CT molecular complexity index is 405. The van der Waals surface area contributed by atoms with Gasteiger partial charge in [0.25, 0.3) is 0 Å². The molecule has 1 aliphatic heterocycles. The van der Waals surface area contributed by atoms with Gasteiger partial charge in [0, 0.05) is 6.54 Å². The fraction of sp³-hybridized carbons (Fsp3) is 0.538. The van der Waals surface area contributed by atoms with Crippen molar-refractivity contribution in [1.29, 1.82) is 0 Å². The molecule has 1 fully saturated rings. The number of ether oxygens (including phenoxy) is 1. The van der Waals surface area contributed by atoms with Crippen LogP contribution in [0.1, 0.15) is 24.8 Å². The SMILES string of the molecule is CN1CCCCC1Oc1ccccc1C(F)(F)F. The number of para-hydroxylation sites is 1. The van der Waals surface area contributed by atoms with Crippen molar-refractivity contribution in [3.8, 4) is 5.75 Å². The Kier molecular flexibility index (Phi) is 3.80. The van der Waals surface area contributed by atoms with E-state index in [1.165, 1.54) is 12.1 Å². The van der Waals surface area contributed by atoms with Gasteiger partial charge in [-0.1, -0.05) is 12.1 Å². The van der Waals surface area contributed by atoms with Crippen LogP contribution in [0.15, 0.2) is 24.3 Å². The quantitative estimate of drug-likeness (QED) is 0.805. The summed E-state index contributed by atoms with van der Waals surface area (Å²) in [4.78, 5) is 1.96. The summed E-state index contributed by atoms with van der Waals surface area (Å²) in [6, 6.07) is 5.37. The lowest BCUT2D eigenvalue weighted by Gasteiger charge is -2.33. The number of nitrogens with zero attached hydrogens (tertiary/aromatic N) is 1. The average Bonchev–Trinajstić information content (AvgIpc) is 2.31. The van der Waals surface area contributed by atoms with Crippen LogP contribution in [0, 0.1) is 0 Å². The number of likely N-dealkylation sites (tertiary alicyclic amines) is 1. The molecule has 0 amide bonds. The molecule has 0 spiro atoms. The van der Waals surface area contributed by atoms with Crippen LogP contribution < -0.4 is 4.74 Å². The molecule has 1 saturated heterocycles. The lowest BCUT2D eigenvalue weighted by Crippen LogP contribution is -2.40. The molecular weight excluding hydrogens is 243 g/mol. The molecule has 0 radical (unpaired) electrons. The molecule has 1 aromatic carbocycles. The van der Waals surface area contributed by atoms with Gasteiger partial charge in [-0.2, -0.15) is 13.2 Å². The van der Waals surface area contributed by atoms with E-state index in [4.69, 9.17) is 4.74 Å². The Balaban J connectivity index is 2.18. The lowest BCUT2D eigenvalue weighted by molar-refractivity contribution is -0.140. The maximum Gasteiger partial charge on any atom is 0.419 e. The first-order valence-corrected chi connectivity index (χ1v) is 6.01. The summed E-state index contributed by atoms with van der Waals surface area (Å²) in [6.45, 7) is 0.860. The molecule has 2 rings (SSSR count). The van der Waals surface area contributed by atoms with E-state index in [1.54, 1.807) is 6.07 Å². The summed E-state index contributed by atoms with van der Waals surface area (Å²) in [5, 5.41) is 0. The summed E-state index contributed by atoms with van der Waals surface area (Å²) < 4.78 is 43.9. The Morgan fingerprint density at radius 3 is 2.61 bits per heavy atom. The van der Waals surface area contributed by atoms with Crippen LogP contribution in [0.5, 0.6) is 5.75 Å². The zero-order chi connectivity index (χ0) is 13.2. The normalized spacial score (nSPS) is 21.9. The molecular formula is C13H16F3NO. The van der Waals surface area contributed by atoms with Gasteiger partial charge in [0.2, 0.25) is 0 Å². The zero-order valence-corrected chi connectivity index (χ0v) is 10.2. The van der Waals surface area contributed by atoms with Crippen LogP contribution in [0.3, 0.4) is 0 Å². The molecule has 1 heterocycles. The van der Waals surface area contributed by atoms with E-state index in [0.29, 0.717) is 0 Å². The lowest BCUT2D eigenvalue weighted by atomic mass is 10.1. The highest BCUT2D eigenvalue weighted by Gasteiger charge is 2.35. The van der Waals surface area contributed by atoms with Crippen molar-refractivity contribution < 1.29 is 17.9 Å². The minimum absolute atomic E-state index is 0.0799. The topological polar surface area (TPSA) is 12.5 Å². The number of benzene rings is 1. The number of alkyl halides is 3. The van der Waals surface area contributed by atoms with Gasteiger partial charge in [-0.25, -0.2) is 0 Å². The third kappa shape index (κ3) is 2.96. The molecule has 0 saturated carbocycles. The van der Waals surface area contributed by atoms with Crippen LogP contribution in [-0.2, 0) is 6.18 Å². The van der Waals surface area contributed by atoms with Gasteiger partial charge >= 0.3 is 6.18 Å². The Morgan fingerprint density at radius 2 is 1.94 bits per heavy atom. The fourth-order valence-corrected chi connectivity index (χ4v) is 2.14. The van der Waals surface area contributed by atoms with Gasteiger partial charge in [0.05, 0.1) is 5.56 Å². The molecule has 5 heteroatoms. The van der Waals surface area contributed by atoms with E-state index in [0.717, 1.165) is 31.9 Å². The van der Waals surface area contributed by atoms with Crippen LogP contribution in [0.4, 0.5) is 13.2 Å².